The van der Waals surface area contributed by atoms with Gasteiger partial charge in [0.2, 0.25) is 5.91 Å². The molecule has 0 radical (unpaired) electrons. The minimum absolute atomic E-state index is 0.0566. The van der Waals surface area contributed by atoms with Crippen LogP contribution in [0.5, 0.6) is 0 Å². The summed E-state index contributed by atoms with van der Waals surface area (Å²) in [5.41, 5.74) is 4.49. The molecule has 0 atom stereocenters. The minimum atomic E-state index is -3.81. The summed E-state index contributed by atoms with van der Waals surface area (Å²) in [6, 6.07) is 7.72. The van der Waals surface area contributed by atoms with Crippen molar-refractivity contribution in [2.45, 2.75) is 18.7 Å². The molecule has 1 rings (SSSR count). The van der Waals surface area contributed by atoms with Crippen LogP contribution in [0.25, 0.3) is 0 Å². The molecule has 1 aromatic rings. The number of carbonyl (C=O) groups excluding carboxylic acids is 1. The molecular formula is C11H16N2O3S. The van der Waals surface area contributed by atoms with Gasteiger partial charge in [-0.1, -0.05) is 18.2 Å². The SMILES string of the molecule is CC(C)(CN)C(=O)NS(=O)(=O)c1ccccc1. The molecule has 6 heteroatoms. The summed E-state index contributed by atoms with van der Waals surface area (Å²) < 4.78 is 25.7. The van der Waals surface area contributed by atoms with E-state index in [0.29, 0.717) is 0 Å². The topological polar surface area (TPSA) is 89.3 Å². The summed E-state index contributed by atoms with van der Waals surface area (Å²) in [6.07, 6.45) is 0. The van der Waals surface area contributed by atoms with Gasteiger partial charge < -0.3 is 5.73 Å². The van der Waals surface area contributed by atoms with Crippen LogP contribution in [0.15, 0.2) is 35.2 Å². The maximum absolute atomic E-state index is 11.8. The number of amides is 1. The third kappa shape index (κ3) is 3.28. The zero-order valence-corrected chi connectivity index (χ0v) is 10.6. The molecule has 3 N–H and O–H groups in total. The summed E-state index contributed by atoms with van der Waals surface area (Å²) in [6.45, 7) is 3.24. The lowest BCUT2D eigenvalue weighted by molar-refractivity contribution is -0.126. The third-order valence-corrected chi connectivity index (χ3v) is 3.75. The average molecular weight is 256 g/mol. The molecule has 0 heterocycles. The van der Waals surface area contributed by atoms with Crippen molar-refractivity contribution in [3.8, 4) is 0 Å². The fourth-order valence-corrected chi connectivity index (χ4v) is 2.17. The monoisotopic (exact) mass is 256 g/mol. The minimum Gasteiger partial charge on any atom is -0.329 e. The second-order valence-electron chi connectivity index (χ2n) is 4.34. The molecule has 94 valence electrons. The lowest BCUT2D eigenvalue weighted by Gasteiger charge is -2.20. The zero-order valence-electron chi connectivity index (χ0n) is 9.80. The van der Waals surface area contributed by atoms with Crippen molar-refractivity contribution in [1.29, 1.82) is 0 Å². The maximum Gasteiger partial charge on any atom is 0.264 e. The van der Waals surface area contributed by atoms with Gasteiger partial charge in [0.05, 0.1) is 10.3 Å². The van der Waals surface area contributed by atoms with Crippen LogP contribution in [0.4, 0.5) is 0 Å². The Morgan fingerprint density at radius 3 is 2.29 bits per heavy atom. The van der Waals surface area contributed by atoms with Crippen molar-refractivity contribution in [3.63, 3.8) is 0 Å². The highest BCUT2D eigenvalue weighted by atomic mass is 32.2. The van der Waals surface area contributed by atoms with Crippen LogP contribution in [-0.2, 0) is 14.8 Å². The Morgan fingerprint density at radius 1 is 1.29 bits per heavy atom. The van der Waals surface area contributed by atoms with Crippen LogP contribution in [0, 0.1) is 5.41 Å². The van der Waals surface area contributed by atoms with Gasteiger partial charge >= 0.3 is 0 Å². The highest BCUT2D eigenvalue weighted by Gasteiger charge is 2.29. The van der Waals surface area contributed by atoms with Crippen LogP contribution >= 0.6 is 0 Å². The maximum atomic E-state index is 11.8. The van der Waals surface area contributed by atoms with E-state index < -0.39 is 21.3 Å². The summed E-state index contributed by atoms with van der Waals surface area (Å²) >= 11 is 0. The molecule has 0 aromatic heterocycles. The second kappa shape index (κ2) is 4.85. The fraction of sp³-hybridized carbons (Fsp3) is 0.364. The van der Waals surface area contributed by atoms with E-state index in [1.54, 1.807) is 32.0 Å². The number of nitrogens with one attached hydrogen (secondary N) is 1. The van der Waals surface area contributed by atoms with Crippen molar-refractivity contribution in [1.82, 2.24) is 4.72 Å². The molecule has 1 amide bonds. The molecular weight excluding hydrogens is 240 g/mol. The molecule has 0 aliphatic rings. The second-order valence-corrected chi connectivity index (χ2v) is 6.02. The molecule has 0 spiro atoms. The van der Waals surface area contributed by atoms with Crippen molar-refractivity contribution >= 4 is 15.9 Å². The number of carbonyl (C=O) groups is 1. The molecule has 17 heavy (non-hydrogen) atoms. The van der Waals surface area contributed by atoms with Gasteiger partial charge in [0.25, 0.3) is 10.0 Å². The summed E-state index contributed by atoms with van der Waals surface area (Å²) in [5.74, 6) is -0.608. The summed E-state index contributed by atoms with van der Waals surface area (Å²) in [4.78, 5) is 11.8. The van der Waals surface area contributed by atoms with E-state index >= 15 is 0 Å². The fourth-order valence-electron chi connectivity index (χ4n) is 1.01. The number of nitrogens with two attached hydrogens (primary N) is 1. The zero-order chi connectivity index (χ0) is 13.1. The Morgan fingerprint density at radius 2 is 1.82 bits per heavy atom. The van der Waals surface area contributed by atoms with Crippen molar-refractivity contribution in [3.05, 3.63) is 30.3 Å². The Hall–Kier alpha value is -1.40. The van der Waals surface area contributed by atoms with Gasteiger partial charge in [0.1, 0.15) is 0 Å². The van der Waals surface area contributed by atoms with E-state index in [0.717, 1.165) is 0 Å². The highest BCUT2D eigenvalue weighted by molar-refractivity contribution is 7.90. The van der Waals surface area contributed by atoms with Crippen molar-refractivity contribution < 1.29 is 13.2 Å². The van der Waals surface area contributed by atoms with Gasteiger partial charge in [0, 0.05) is 6.54 Å². The van der Waals surface area contributed by atoms with Crippen LogP contribution in [0.2, 0.25) is 0 Å². The van der Waals surface area contributed by atoms with Gasteiger partial charge in [-0.25, -0.2) is 13.1 Å². The molecule has 0 bridgehead atoms. The van der Waals surface area contributed by atoms with Crippen LogP contribution in [0.3, 0.4) is 0 Å². The number of hydrogen-bond donors (Lipinski definition) is 2. The quantitative estimate of drug-likeness (QED) is 0.819. The molecule has 0 saturated carbocycles. The first-order valence-electron chi connectivity index (χ1n) is 5.12. The predicted octanol–water partition coefficient (Wildman–Crippen LogP) is 0.476. The smallest absolute Gasteiger partial charge is 0.264 e. The summed E-state index contributed by atoms with van der Waals surface area (Å²) in [5, 5.41) is 0. The van der Waals surface area contributed by atoms with E-state index in [9.17, 15) is 13.2 Å². The number of hydrogen-bond acceptors (Lipinski definition) is 4. The van der Waals surface area contributed by atoms with Crippen LogP contribution < -0.4 is 10.5 Å². The normalized spacial score (nSPS) is 12.2. The standard InChI is InChI=1S/C11H16N2O3S/c1-11(2,8-12)10(14)13-17(15,16)9-6-4-3-5-7-9/h3-7H,8,12H2,1-2H3,(H,13,14). The Kier molecular flexibility index (Phi) is 3.90. The first-order chi connectivity index (χ1) is 7.79. The summed E-state index contributed by atoms with van der Waals surface area (Å²) in [7, 11) is -3.81. The van der Waals surface area contributed by atoms with E-state index in [1.165, 1.54) is 12.1 Å². The van der Waals surface area contributed by atoms with Crippen LogP contribution in [0.1, 0.15) is 13.8 Å². The Labute approximate surface area is 101 Å². The van der Waals surface area contributed by atoms with E-state index in [2.05, 4.69) is 0 Å². The van der Waals surface area contributed by atoms with Gasteiger partial charge in [-0.3, -0.25) is 4.79 Å². The molecule has 1 aromatic carbocycles. The largest absolute Gasteiger partial charge is 0.329 e. The van der Waals surface area contributed by atoms with Crippen molar-refractivity contribution in [2.24, 2.45) is 11.1 Å². The highest BCUT2D eigenvalue weighted by Crippen LogP contribution is 2.15. The first-order valence-corrected chi connectivity index (χ1v) is 6.60. The van der Waals surface area contributed by atoms with Crippen molar-refractivity contribution in [2.75, 3.05) is 6.54 Å². The molecule has 5 nitrogen and oxygen atoms in total. The van der Waals surface area contributed by atoms with E-state index in [-0.39, 0.29) is 11.4 Å². The average Bonchev–Trinajstić information content (AvgIpc) is 2.29. The Bertz CT molecular complexity index is 495. The molecule has 0 aliphatic carbocycles. The first kappa shape index (κ1) is 13.7. The van der Waals surface area contributed by atoms with Crippen LogP contribution in [-0.4, -0.2) is 20.9 Å². The predicted molar refractivity (Wildman–Crippen MR) is 64.6 cm³/mol. The lowest BCUT2D eigenvalue weighted by Crippen LogP contribution is -2.44. The van der Waals surface area contributed by atoms with Gasteiger partial charge in [0.15, 0.2) is 0 Å². The number of benzene rings is 1. The van der Waals surface area contributed by atoms with Gasteiger partial charge in [-0.2, -0.15) is 0 Å². The number of rotatable bonds is 4. The van der Waals surface area contributed by atoms with Gasteiger partial charge in [-0.05, 0) is 26.0 Å². The van der Waals surface area contributed by atoms with E-state index in [1.807, 2.05) is 4.72 Å². The third-order valence-electron chi connectivity index (χ3n) is 2.41. The molecule has 0 fully saturated rings. The lowest BCUT2D eigenvalue weighted by atomic mass is 9.93. The van der Waals surface area contributed by atoms with E-state index in [4.69, 9.17) is 5.73 Å². The Balaban J connectivity index is 2.93. The molecule has 0 unspecified atom stereocenters. The van der Waals surface area contributed by atoms with Gasteiger partial charge in [-0.15, -0.1) is 0 Å². The molecule has 0 saturated heterocycles. The number of sulfonamides is 1. The molecule has 0 aliphatic heterocycles.